The molecule has 0 saturated carbocycles. The third kappa shape index (κ3) is 2.49. The number of aryl methyl sites for hydroxylation is 1. The Hall–Kier alpha value is -2.67. The molecule has 0 atom stereocenters. The van der Waals surface area contributed by atoms with Crippen molar-refractivity contribution < 1.29 is 0 Å². The van der Waals surface area contributed by atoms with E-state index in [0.717, 1.165) is 27.3 Å². The van der Waals surface area contributed by atoms with Crippen molar-refractivity contribution in [2.75, 3.05) is 7.05 Å². The Morgan fingerprint density at radius 2 is 2.09 bits per heavy atom. The molecule has 0 spiro atoms. The molecule has 23 heavy (non-hydrogen) atoms. The SMILES string of the molecule is Cc1nn2nc(-c3ccccn3)nc2/c1=C\C=C1SC=CN1C. The van der Waals surface area contributed by atoms with E-state index in [0.29, 0.717) is 5.82 Å². The lowest BCUT2D eigenvalue weighted by molar-refractivity contribution is 0.621. The van der Waals surface area contributed by atoms with Crippen molar-refractivity contribution in [2.24, 2.45) is 0 Å². The first-order valence-corrected chi connectivity index (χ1v) is 8.03. The number of hydrogen-bond donors (Lipinski definition) is 0. The van der Waals surface area contributed by atoms with Crippen LogP contribution in [0.2, 0.25) is 0 Å². The van der Waals surface area contributed by atoms with Crippen LogP contribution in [-0.4, -0.2) is 36.7 Å². The van der Waals surface area contributed by atoms with Crippen molar-refractivity contribution in [1.82, 2.24) is 29.7 Å². The average molecular weight is 322 g/mol. The van der Waals surface area contributed by atoms with Gasteiger partial charge in [0.25, 0.3) is 0 Å². The third-order valence-electron chi connectivity index (χ3n) is 3.57. The molecule has 1 aliphatic heterocycles. The van der Waals surface area contributed by atoms with Gasteiger partial charge < -0.3 is 4.90 Å². The summed E-state index contributed by atoms with van der Waals surface area (Å²) in [5.41, 5.74) is 2.40. The number of hydrogen-bond acceptors (Lipinski definition) is 6. The van der Waals surface area contributed by atoms with Gasteiger partial charge in [-0.3, -0.25) is 4.98 Å². The lowest BCUT2D eigenvalue weighted by Crippen LogP contribution is -2.05. The summed E-state index contributed by atoms with van der Waals surface area (Å²) in [4.78, 5) is 11.0. The van der Waals surface area contributed by atoms with Crippen molar-refractivity contribution in [3.8, 4) is 11.5 Å². The van der Waals surface area contributed by atoms with Crippen LogP contribution in [0.1, 0.15) is 5.69 Å². The van der Waals surface area contributed by atoms with Crippen molar-refractivity contribution in [3.05, 3.63) is 58.0 Å². The standard InChI is InChI=1S/C16H14N6S/c1-11-12(6-7-14-21(2)9-10-23-14)16-18-15(20-22(16)19-11)13-5-3-4-8-17-13/h3-10H,1-2H3/b12-6-,14-7?. The van der Waals surface area contributed by atoms with Gasteiger partial charge in [-0.05, 0) is 36.6 Å². The summed E-state index contributed by atoms with van der Waals surface area (Å²) in [5, 5.41) is 13.1. The largest absolute Gasteiger partial charge is 0.345 e. The van der Waals surface area contributed by atoms with E-state index >= 15 is 0 Å². The maximum atomic E-state index is 4.60. The molecule has 6 nitrogen and oxygen atoms in total. The molecule has 4 heterocycles. The molecule has 0 fully saturated rings. The molecule has 0 aromatic carbocycles. The molecule has 0 aliphatic carbocycles. The fourth-order valence-corrected chi connectivity index (χ4v) is 3.11. The van der Waals surface area contributed by atoms with Gasteiger partial charge in [0.2, 0.25) is 5.82 Å². The molecule has 7 heteroatoms. The Balaban J connectivity index is 1.81. The number of aromatic nitrogens is 5. The van der Waals surface area contributed by atoms with Crippen molar-refractivity contribution >= 4 is 23.5 Å². The van der Waals surface area contributed by atoms with E-state index in [1.807, 2.05) is 44.4 Å². The van der Waals surface area contributed by atoms with E-state index < -0.39 is 0 Å². The monoisotopic (exact) mass is 322 g/mol. The van der Waals surface area contributed by atoms with Crippen LogP contribution in [0.15, 0.2) is 47.1 Å². The Morgan fingerprint density at radius 1 is 1.17 bits per heavy atom. The molecule has 0 saturated heterocycles. The zero-order chi connectivity index (χ0) is 15.8. The van der Waals surface area contributed by atoms with Gasteiger partial charge in [0.1, 0.15) is 5.69 Å². The molecule has 0 N–H and O–H groups in total. The van der Waals surface area contributed by atoms with Gasteiger partial charge in [0.15, 0.2) is 5.65 Å². The van der Waals surface area contributed by atoms with Crippen LogP contribution in [0, 0.1) is 6.92 Å². The van der Waals surface area contributed by atoms with Gasteiger partial charge in [-0.1, -0.05) is 17.8 Å². The van der Waals surface area contributed by atoms with Gasteiger partial charge in [-0.2, -0.15) is 5.10 Å². The summed E-state index contributed by atoms with van der Waals surface area (Å²) in [5.74, 6) is 0.587. The van der Waals surface area contributed by atoms with E-state index in [2.05, 4.69) is 36.5 Å². The maximum absolute atomic E-state index is 4.60. The van der Waals surface area contributed by atoms with Crippen LogP contribution in [0.4, 0.5) is 0 Å². The molecule has 1 aliphatic rings. The molecule has 0 unspecified atom stereocenters. The molecular weight excluding hydrogens is 308 g/mol. The Morgan fingerprint density at radius 3 is 2.83 bits per heavy atom. The van der Waals surface area contributed by atoms with E-state index in [9.17, 15) is 0 Å². The molecule has 0 radical (unpaired) electrons. The molecule has 0 amide bonds. The van der Waals surface area contributed by atoms with Crippen LogP contribution in [0.5, 0.6) is 0 Å². The summed E-state index contributed by atoms with van der Waals surface area (Å²) in [7, 11) is 2.03. The lowest BCUT2D eigenvalue weighted by atomic mass is 10.3. The molecule has 4 rings (SSSR count). The zero-order valence-corrected chi connectivity index (χ0v) is 13.5. The number of thioether (sulfide) groups is 1. The van der Waals surface area contributed by atoms with Crippen LogP contribution in [0.25, 0.3) is 23.2 Å². The first-order chi connectivity index (χ1) is 11.2. The van der Waals surface area contributed by atoms with E-state index in [1.54, 1.807) is 22.6 Å². The normalized spacial score (nSPS) is 17.0. The van der Waals surface area contributed by atoms with Gasteiger partial charge >= 0.3 is 0 Å². The van der Waals surface area contributed by atoms with Gasteiger partial charge in [0, 0.05) is 24.7 Å². The van der Waals surface area contributed by atoms with Gasteiger partial charge in [0.05, 0.1) is 10.7 Å². The first kappa shape index (κ1) is 14.0. The summed E-state index contributed by atoms with van der Waals surface area (Å²) in [6, 6.07) is 5.68. The first-order valence-electron chi connectivity index (χ1n) is 7.15. The fourth-order valence-electron chi connectivity index (χ4n) is 2.36. The fraction of sp³-hybridized carbons (Fsp3) is 0.125. The number of pyridine rings is 1. The topological polar surface area (TPSA) is 59.2 Å². The quantitative estimate of drug-likeness (QED) is 0.719. The lowest BCUT2D eigenvalue weighted by Gasteiger charge is -2.07. The van der Waals surface area contributed by atoms with Crippen LogP contribution < -0.4 is 5.22 Å². The van der Waals surface area contributed by atoms with Crippen molar-refractivity contribution in [2.45, 2.75) is 6.92 Å². The summed E-state index contributed by atoms with van der Waals surface area (Å²) in [6.45, 7) is 1.96. The van der Waals surface area contributed by atoms with Crippen LogP contribution in [-0.2, 0) is 0 Å². The maximum Gasteiger partial charge on any atom is 0.202 e. The Labute approximate surface area is 137 Å². The third-order valence-corrected chi connectivity index (χ3v) is 4.50. The molecular formula is C16H14N6S. The van der Waals surface area contributed by atoms with Gasteiger partial charge in [-0.25, -0.2) is 4.98 Å². The van der Waals surface area contributed by atoms with Gasteiger partial charge in [-0.15, -0.1) is 9.73 Å². The average Bonchev–Trinajstić information content (AvgIpc) is 3.22. The molecule has 0 bridgehead atoms. The summed E-state index contributed by atoms with van der Waals surface area (Å²) in [6.07, 6.45) is 7.88. The minimum absolute atomic E-state index is 0.587. The molecule has 3 aromatic heterocycles. The second kappa shape index (κ2) is 5.51. The smallest absolute Gasteiger partial charge is 0.202 e. The predicted molar refractivity (Wildman–Crippen MR) is 91.0 cm³/mol. The Kier molecular flexibility index (Phi) is 3.34. The number of allylic oxidation sites excluding steroid dienone is 1. The number of rotatable bonds is 2. The van der Waals surface area contributed by atoms with Crippen molar-refractivity contribution in [3.63, 3.8) is 0 Å². The number of nitrogens with zero attached hydrogens (tertiary/aromatic N) is 6. The van der Waals surface area contributed by atoms with E-state index in [4.69, 9.17) is 0 Å². The molecule has 114 valence electrons. The highest BCUT2D eigenvalue weighted by Gasteiger charge is 2.12. The van der Waals surface area contributed by atoms with E-state index in [1.165, 1.54) is 0 Å². The minimum atomic E-state index is 0.587. The highest BCUT2D eigenvalue weighted by molar-refractivity contribution is 8.06. The summed E-state index contributed by atoms with van der Waals surface area (Å²) < 4.78 is 1.58. The Bertz CT molecular complexity index is 973. The highest BCUT2D eigenvalue weighted by Crippen LogP contribution is 2.27. The predicted octanol–water partition coefficient (Wildman–Crippen LogP) is 1.99. The second-order valence-electron chi connectivity index (χ2n) is 5.15. The minimum Gasteiger partial charge on any atom is -0.345 e. The second-order valence-corrected chi connectivity index (χ2v) is 6.07. The zero-order valence-electron chi connectivity index (χ0n) is 12.7. The highest BCUT2D eigenvalue weighted by atomic mass is 32.2. The summed E-state index contributed by atoms with van der Waals surface area (Å²) >= 11 is 1.69. The number of fused-ring (bicyclic) bond motifs is 1. The van der Waals surface area contributed by atoms with Crippen LogP contribution in [0.3, 0.4) is 0 Å². The van der Waals surface area contributed by atoms with E-state index in [-0.39, 0.29) is 0 Å². The van der Waals surface area contributed by atoms with Crippen LogP contribution >= 0.6 is 11.8 Å². The molecule has 3 aromatic rings. The van der Waals surface area contributed by atoms with Crippen molar-refractivity contribution in [1.29, 1.82) is 0 Å².